The molecule has 2 aromatic rings. The fourth-order valence-electron chi connectivity index (χ4n) is 2.58. The molecule has 9 heteroatoms. The summed E-state index contributed by atoms with van der Waals surface area (Å²) >= 11 is 1.34. The molecule has 0 saturated carbocycles. The lowest BCUT2D eigenvalue weighted by Gasteiger charge is -2.14. The van der Waals surface area contributed by atoms with Crippen molar-refractivity contribution in [3.63, 3.8) is 0 Å². The zero-order chi connectivity index (χ0) is 14.3. The van der Waals surface area contributed by atoms with Crippen molar-refractivity contribution < 1.29 is 14.8 Å². The van der Waals surface area contributed by atoms with Gasteiger partial charge in [-0.2, -0.15) is 9.38 Å². The van der Waals surface area contributed by atoms with E-state index in [1.807, 2.05) is 4.90 Å². The molecule has 0 aliphatic carbocycles. The van der Waals surface area contributed by atoms with Crippen LogP contribution in [0.1, 0.15) is 12.8 Å². The number of thiazole rings is 1. The number of aliphatic carboxylic acids is 1. The zero-order valence-corrected chi connectivity index (χ0v) is 11.2. The fraction of sp³-hybridized carbons (Fsp3) is 0.455. The number of aromatic nitrogens is 2. The van der Waals surface area contributed by atoms with Crippen molar-refractivity contribution in [3.05, 3.63) is 21.7 Å². The largest absolute Gasteiger partial charge is 0.481 e. The third-order valence-corrected chi connectivity index (χ3v) is 4.20. The average Bonchev–Trinajstić information content (AvgIpc) is 2.99. The number of carboxylic acids is 1. The number of imidazole rings is 1. The lowest BCUT2D eigenvalue weighted by molar-refractivity contribution is -0.389. The van der Waals surface area contributed by atoms with E-state index in [1.54, 1.807) is 11.6 Å². The third kappa shape index (κ3) is 2.09. The van der Waals surface area contributed by atoms with Crippen LogP contribution >= 0.6 is 11.3 Å². The Balaban J connectivity index is 1.91. The van der Waals surface area contributed by atoms with E-state index in [1.165, 1.54) is 15.7 Å². The molecule has 3 heterocycles. The summed E-state index contributed by atoms with van der Waals surface area (Å²) in [5.74, 6) is -0.518. The number of nitro groups is 1. The highest BCUT2D eigenvalue weighted by molar-refractivity contribution is 7.15. The van der Waals surface area contributed by atoms with Gasteiger partial charge in [-0.25, -0.2) is 0 Å². The molecule has 1 atom stereocenters. The van der Waals surface area contributed by atoms with Crippen molar-refractivity contribution >= 4 is 33.9 Å². The van der Waals surface area contributed by atoms with Crippen LogP contribution in [0.2, 0.25) is 0 Å². The van der Waals surface area contributed by atoms with E-state index in [0.717, 1.165) is 0 Å². The van der Waals surface area contributed by atoms with Crippen molar-refractivity contribution in [1.82, 2.24) is 9.38 Å². The van der Waals surface area contributed by atoms with Crippen molar-refractivity contribution in [2.75, 3.05) is 18.0 Å². The van der Waals surface area contributed by atoms with Gasteiger partial charge in [-0.05, 0) is 17.3 Å². The minimum Gasteiger partial charge on any atom is -0.481 e. The van der Waals surface area contributed by atoms with Crippen molar-refractivity contribution in [3.8, 4) is 0 Å². The first kappa shape index (κ1) is 12.9. The Hall–Kier alpha value is -2.16. The molecule has 0 spiro atoms. The Bertz CT molecular complexity index is 679. The molecular weight excluding hydrogens is 284 g/mol. The molecule has 0 amide bonds. The Morgan fingerprint density at radius 2 is 2.45 bits per heavy atom. The van der Waals surface area contributed by atoms with Gasteiger partial charge in [-0.1, -0.05) is 11.3 Å². The molecule has 1 aliphatic rings. The maximum absolute atomic E-state index is 11.2. The Morgan fingerprint density at radius 3 is 3.15 bits per heavy atom. The first-order chi connectivity index (χ1) is 9.56. The van der Waals surface area contributed by atoms with E-state index in [9.17, 15) is 14.9 Å². The first-order valence-electron chi connectivity index (χ1n) is 6.13. The number of hydrogen-bond acceptors (Lipinski definition) is 6. The summed E-state index contributed by atoms with van der Waals surface area (Å²) in [7, 11) is 0. The van der Waals surface area contributed by atoms with E-state index < -0.39 is 10.9 Å². The second-order valence-electron chi connectivity index (χ2n) is 4.77. The van der Waals surface area contributed by atoms with Crippen LogP contribution in [-0.4, -0.2) is 38.5 Å². The quantitative estimate of drug-likeness (QED) is 0.679. The molecule has 20 heavy (non-hydrogen) atoms. The number of nitrogens with zero attached hydrogens (tertiary/aromatic N) is 4. The van der Waals surface area contributed by atoms with Gasteiger partial charge in [0.1, 0.15) is 6.20 Å². The number of hydrogen-bond donors (Lipinski definition) is 1. The predicted molar refractivity (Wildman–Crippen MR) is 72.3 cm³/mol. The monoisotopic (exact) mass is 296 g/mol. The summed E-state index contributed by atoms with van der Waals surface area (Å²) in [6, 6.07) is 0. The summed E-state index contributed by atoms with van der Waals surface area (Å²) in [5.41, 5.74) is 0. The zero-order valence-electron chi connectivity index (χ0n) is 10.4. The highest BCUT2D eigenvalue weighted by Gasteiger charge is 2.33. The van der Waals surface area contributed by atoms with Gasteiger partial charge in [-0.3, -0.25) is 4.79 Å². The van der Waals surface area contributed by atoms with Crippen LogP contribution < -0.4 is 4.90 Å². The molecule has 0 radical (unpaired) electrons. The molecule has 1 unspecified atom stereocenters. The highest BCUT2D eigenvalue weighted by atomic mass is 32.1. The van der Waals surface area contributed by atoms with Crippen LogP contribution in [0, 0.1) is 16.0 Å². The maximum Gasteiger partial charge on any atom is 0.373 e. The minimum atomic E-state index is -0.836. The van der Waals surface area contributed by atoms with Gasteiger partial charge >= 0.3 is 11.8 Å². The molecule has 0 aromatic carbocycles. The third-order valence-electron chi connectivity index (χ3n) is 3.44. The molecule has 1 fully saturated rings. The number of anilines is 1. The summed E-state index contributed by atoms with van der Waals surface area (Å²) in [5, 5.41) is 21.8. The second-order valence-corrected chi connectivity index (χ2v) is 5.64. The van der Waals surface area contributed by atoms with Gasteiger partial charge in [0.05, 0.1) is 0 Å². The van der Waals surface area contributed by atoms with Crippen LogP contribution in [0.5, 0.6) is 0 Å². The normalized spacial score (nSPS) is 18.8. The second kappa shape index (κ2) is 4.75. The Morgan fingerprint density at radius 1 is 1.65 bits per heavy atom. The number of rotatable bonds is 4. The van der Waals surface area contributed by atoms with Crippen molar-refractivity contribution in [2.24, 2.45) is 5.92 Å². The highest BCUT2D eigenvalue weighted by Crippen LogP contribution is 2.34. The van der Waals surface area contributed by atoms with E-state index in [2.05, 4.69) is 4.98 Å². The number of carboxylic acid groups (broad SMARTS) is 1. The lowest BCUT2D eigenvalue weighted by atomic mass is 10.1. The molecule has 106 valence electrons. The van der Waals surface area contributed by atoms with E-state index in [0.29, 0.717) is 30.3 Å². The summed E-state index contributed by atoms with van der Waals surface area (Å²) in [6.07, 6.45) is 2.43. The average molecular weight is 296 g/mol. The molecular formula is C11H12N4O4S. The van der Waals surface area contributed by atoms with Crippen LogP contribution in [-0.2, 0) is 4.79 Å². The smallest absolute Gasteiger partial charge is 0.373 e. The van der Waals surface area contributed by atoms with E-state index >= 15 is 0 Å². The molecule has 1 N–H and O–H groups in total. The van der Waals surface area contributed by atoms with Crippen LogP contribution in [0.3, 0.4) is 0 Å². The Labute approximate surface area is 117 Å². The van der Waals surface area contributed by atoms with Gasteiger partial charge in [0.25, 0.3) is 4.96 Å². The van der Waals surface area contributed by atoms with E-state index in [4.69, 9.17) is 5.11 Å². The van der Waals surface area contributed by atoms with E-state index in [-0.39, 0.29) is 18.2 Å². The molecule has 1 saturated heterocycles. The molecule has 3 rings (SSSR count). The molecule has 2 aromatic heterocycles. The van der Waals surface area contributed by atoms with Gasteiger partial charge in [0.2, 0.25) is 5.82 Å². The van der Waals surface area contributed by atoms with Gasteiger partial charge in [0.15, 0.2) is 0 Å². The standard InChI is InChI=1S/C11H12N4O4S/c16-8(17)5-7-1-2-13(6-7)9-10(15(18)19)14-3-4-20-11(14)12-9/h3-4,7H,1-2,5-6H2,(H,16,17). The summed E-state index contributed by atoms with van der Waals surface area (Å²) in [6.45, 7) is 1.10. The Kier molecular flexibility index (Phi) is 3.05. The minimum absolute atomic E-state index is 0.0202. The molecule has 0 bridgehead atoms. The number of fused-ring (bicyclic) bond motifs is 1. The maximum atomic E-state index is 11.2. The summed E-state index contributed by atoms with van der Waals surface area (Å²) in [4.78, 5) is 28.2. The SMILES string of the molecule is O=C(O)CC1CCN(c2nc3sccn3c2[N+](=O)[O-])C1. The predicted octanol–water partition coefficient (Wildman–Crippen LogP) is 1.60. The molecule has 1 aliphatic heterocycles. The summed E-state index contributed by atoms with van der Waals surface area (Å²) < 4.78 is 1.46. The lowest BCUT2D eigenvalue weighted by Crippen LogP contribution is -2.21. The van der Waals surface area contributed by atoms with Crippen molar-refractivity contribution in [2.45, 2.75) is 12.8 Å². The fourth-order valence-corrected chi connectivity index (χ4v) is 3.29. The van der Waals surface area contributed by atoms with Gasteiger partial charge < -0.3 is 20.1 Å². The molecule has 8 nitrogen and oxygen atoms in total. The van der Waals surface area contributed by atoms with Crippen LogP contribution in [0.15, 0.2) is 11.6 Å². The van der Waals surface area contributed by atoms with Crippen LogP contribution in [0.25, 0.3) is 4.96 Å². The van der Waals surface area contributed by atoms with Crippen LogP contribution in [0.4, 0.5) is 11.6 Å². The van der Waals surface area contributed by atoms with Crippen molar-refractivity contribution in [1.29, 1.82) is 0 Å². The number of carbonyl (C=O) groups is 1. The first-order valence-corrected chi connectivity index (χ1v) is 7.01. The van der Waals surface area contributed by atoms with Gasteiger partial charge in [0, 0.05) is 24.9 Å². The topological polar surface area (TPSA) is 101 Å². The van der Waals surface area contributed by atoms with Gasteiger partial charge in [-0.15, -0.1) is 0 Å².